The summed E-state index contributed by atoms with van der Waals surface area (Å²) in [6.45, 7) is 4.16. The molecule has 1 N–H and O–H groups in total. The molecule has 0 aromatic heterocycles. The fourth-order valence-electron chi connectivity index (χ4n) is 2.24. The van der Waals surface area contributed by atoms with Crippen LogP contribution < -0.4 is 4.74 Å². The van der Waals surface area contributed by atoms with Crippen LogP contribution in [0.5, 0.6) is 5.75 Å². The van der Waals surface area contributed by atoms with Crippen LogP contribution >= 0.6 is 0 Å². The van der Waals surface area contributed by atoms with Crippen molar-refractivity contribution in [3.63, 3.8) is 0 Å². The zero-order valence-corrected chi connectivity index (χ0v) is 12.4. The molecule has 3 rings (SSSR count). The molecule has 0 bridgehead atoms. The topological polar surface area (TPSA) is 63.7 Å². The Morgan fingerprint density at radius 1 is 1.19 bits per heavy atom. The predicted octanol–water partition coefficient (Wildman–Crippen LogP) is 3.03. The van der Waals surface area contributed by atoms with Gasteiger partial charge in [-0.25, -0.2) is 15.0 Å². The maximum Gasteiger partial charge on any atom is 0.161 e. The molecule has 5 heteroatoms. The van der Waals surface area contributed by atoms with Gasteiger partial charge in [0.1, 0.15) is 23.1 Å². The number of methoxy groups -OCH3 is 1. The van der Waals surface area contributed by atoms with Gasteiger partial charge in [-0.1, -0.05) is 32.0 Å². The second-order valence-corrected chi connectivity index (χ2v) is 5.29. The van der Waals surface area contributed by atoms with Crippen LogP contribution in [0.4, 0.5) is 0 Å². The van der Waals surface area contributed by atoms with Crippen molar-refractivity contribution in [1.29, 1.82) is 0 Å². The maximum atomic E-state index is 5.37. The summed E-state index contributed by atoms with van der Waals surface area (Å²) in [5.41, 5.74) is 1.90. The molecule has 108 valence electrons. The molecule has 0 amide bonds. The minimum atomic E-state index is 0.309. The van der Waals surface area contributed by atoms with Gasteiger partial charge in [-0.2, -0.15) is 0 Å². The third-order valence-corrected chi connectivity index (χ3v) is 3.38. The predicted molar refractivity (Wildman–Crippen MR) is 80.7 cm³/mol. The highest BCUT2D eigenvalue weighted by atomic mass is 16.5. The fourth-order valence-corrected chi connectivity index (χ4v) is 2.24. The number of hydrogen-bond acceptors (Lipinski definition) is 4. The quantitative estimate of drug-likeness (QED) is 0.799. The molecule has 0 saturated heterocycles. The van der Waals surface area contributed by atoms with Crippen molar-refractivity contribution in [3.8, 4) is 17.3 Å². The SMILES string of the molecule is COc1ccccc1Cc1ncc2nc(C(C)C)nc-2[nH]1. The molecule has 0 unspecified atom stereocenters. The van der Waals surface area contributed by atoms with Crippen LogP contribution in [0.25, 0.3) is 11.5 Å². The first kappa shape index (κ1) is 13.5. The summed E-state index contributed by atoms with van der Waals surface area (Å²) in [5, 5.41) is 0. The zero-order valence-electron chi connectivity index (χ0n) is 12.4. The van der Waals surface area contributed by atoms with E-state index in [1.165, 1.54) is 0 Å². The van der Waals surface area contributed by atoms with Crippen LogP contribution in [-0.4, -0.2) is 27.0 Å². The number of ether oxygens (including phenoxy) is 1. The van der Waals surface area contributed by atoms with E-state index in [-0.39, 0.29) is 0 Å². The number of rotatable bonds is 4. The van der Waals surface area contributed by atoms with E-state index in [1.54, 1.807) is 13.3 Å². The lowest BCUT2D eigenvalue weighted by molar-refractivity contribution is 0.410. The second kappa shape index (κ2) is 5.52. The fraction of sp³-hybridized carbons (Fsp3) is 0.312. The van der Waals surface area contributed by atoms with Crippen LogP contribution in [0.2, 0.25) is 0 Å². The van der Waals surface area contributed by atoms with Crippen molar-refractivity contribution in [1.82, 2.24) is 19.9 Å². The molecule has 1 aromatic carbocycles. The Balaban J connectivity index is 1.93. The largest absolute Gasteiger partial charge is 0.496 e. The number of aromatic nitrogens is 4. The summed E-state index contributed by atoms with van der Waals surface area (Å²) in [5.74, 6) is 3.66. The van der Waals surface area contributed by atoms with Crippen LogP contribution in [0.15, 0.2) is 30.5 Å². The highest BCUT2D eigenvalue weighted by Gasteiger charge is 2.15. The Morgan fingerprint density at radius 3 is 2.76 bits per heavy atom. The van der Waals surface area contributed by atoms with E-state index in [0.717, 1.165) is 34.5 Å². The summed E-state index contributed by atoms with van der Waals surface area (Å²) in [6.07, 6.45) is 2.44. The van der Waals surface area contributed by atoms with Crippen LogP contribution in [0.3, 0.4) is 0 Å². The monoisotopic (exact) mass is 282 g/mol. The zero-order chi connectivity index (χ0) is 14.8. The number of nitrogens with zero attached hydrogens (tertiary/aromatic N) is 3. The Labute approximate surface area is 123 Å². The second-order valence-electron chi connectivity index (χ2n) is 5.29. The van der Waals surface area contributed by atoms with Crippen molar-refractivity contribution in [3.05, 3.63) is 47.7 Å². The number of imidazole rings is 1. The van der Waals surface area contributed by atoms with Gasteiger partial charge in [0, 0.05) is 17.9 Å². The summed E-state index contributed by atoms with van der Waals surface area (Å²) < 4.78 is 5.37. The molecular formula is C16H18N4O. The number of para-hydroxylation sites is 1. The third kappa shape index (κ3) is 2.72. The number of benzene rings is 1. The van der Waals surface area contributed by atoms with E-state index in [2.05, 4.69) is 33.8 Å². The molecule has 2 heterocycles. The smallest absolute Gasteiger partial charge is 0.161 e. The molecule has 2 aliphatic rings. The minimum absolute atomic E-state index is 0.309. The van der Waals surface area contributed by atoms with Crippen molar-refractivity contribution in [2.75, 3.05) is 7.11 Å². The Hall–Kier alpha value is -2.43. The van der Waals surface area contributed by atoms with Crippen LogP contribution in [0.1, 0.15) is 37.0 Å². The van der Waals surface area contributed by atoms with Crippen LogP contribution in [-0.2, 0) is 6.42 Å². The molecule has 0 atom stereocenters. The average Bonchev–Trinajstić information content (AvgIpc) is 2.91. The van der Waals surface area contributed by atoms with Gasteiger partial charge in [-0.15, -0.1) is 0 Å². The van der Waals surface area contributed by atoms with E-state index >= 15 is 0 Å². The molecule has 21 heavy (non-hydrogen) atoms. The number of aromatic amines is 1. The Morgan fingerprint density at radius 2 is 2.00 bits per heavy atom. The van der Waals surface area contributed by atoms with E-state index in [0.29, 0.717) is 12.3 Å². The Kier molecular flexibility index (Phi) is 3.56. The van der Waals surface area contributed by atoms with Crippen LogP contribution in [0, 0.1) is 0 Å². The molecule has 0 saturated carbocycles. The first-order valence-electron chi connectivity index (χ1n) is 7.01. The molecule has 0 spiro atoms. The summed E-state index contributed by atoms with van der Waals surface area (Å²) in [7, 11) is 1.68. The van der Waals surface area contributed by atoms with E-state index in [4.69, 9.17) is 4.74 Å². The van der Waals surface area contributed by atoms with E-state index in [9.17, 15) is 0 Å². The maximum absolute atomic E-state index is 5.37. The van der Waals surface area contributed by atoms with Crippen molar-refractivity contribution >= 4 is 0 Å². The highest BCUT2D eigenvalue weighted by molar-refractivity contribution is 5.50. The normalized spacial score (nSPS) is 11.2. The van der Waals surface area contributed by atoms with Gasteiger partial charge in [0.2, 0.25) is 0 Å². The first-order valence-corrected chi connectivity index (χ1v) is 7.01. The molecule has 2 aliphatic heterocycles. The van der Waals surface area contributed by atoms with E-state index < -0.39 is 0 Å². The standard InChI is InChI=1S/C16H18N4O/c1-10(2)15-18-12-9-17-14(19-16(12)20-15)8-11-6-4-5-7-13(11)21-3/h4-7,9-10H,8H2,1-3H3,(H,17,18,19,20). The van der Waals surface area contributed by atoms with Gasteiger partial charge in [-0.3, -0.25) is 0 Å². The van der Waals surface area contributed by atoms with Gasteiger partial charge >= 0.3 is 0 Å². The first-order chi connectivity index (χ1) is 10.2. The molecular weight excluding hydrogens is 264 g/mol. The Bertz CT molecular complexity index is 720. The van der Waals surface area contributed by atoms with Gasteiger partial charge in [0.05, 0.1) is 13.3 Å². The molecule has 0 aliphatic carbocycles. The highest BCUT2D eigenvalue weighted by Crippen LogP contribution is 2.23. The van der Waals surface area contributed by atoms with Crippen molar-refractivity contribution in [2.45, 2.75) is 26.2 Å². The molecule has 0 fully saturated rings. The summed E-state index contributed by atoms with van der Waals surface area (Å²) in [6, 6.07) is 7.94. The van der Waals surface area contributed by atoms with Crippen molar-refractivity contribution in [2.24, 2.45) is 0 Å². The number of H-pyrrole nitrogens is 1. The van der Waals surface area contributed by atoms with Crippen molar-refractivity contribution < 1.29 is 4.74 Å². The van der Waals surface area contributed by atoms with Gasteiger partial charge in [-0.05, 0) is 6.07 Å². The minimum Gasteiger partial charge on any atom is -0.496 e. The van der Waals surface area contributed by atoms with E-state index in [1.807, 2.05) is 24.3 Å². The lowest BCUT2D eigenvalue weighted by Gasteiger charge is -2.08. The third-order valence-electron chi connectivity index (χ3n) is 3.38. The molecule has 0 radical (unpaired) electrons. The average molecular weight is 282 g/mol. The lowest BCUT2D eigenvalue weighted by Crippen LogP contribution is -2.00. The van der Waals surface area contributed by atoms with Gasteiger partial charge in [0.15, 0.2) is 5.82 Å². The number of nitrogens with one attached hydrogen (secondary N) is 1. The summed E-state index contributed by atoms with van der Waals surface area (Å²) >= 11 is 0. The summed E-state index contributed by atoms with van der Waals surface area (Å²) in [4.78, 5) is 16.7. The molecule has 5 nitrogen and oxygen atoms in total. The number of hydrogen-bond donors (Lipinski definition) is 1. The van der Waals surface area contributed by atoms with Gasteiger partial charge < -0.3 is 9.72 Å². The molecule has 1 aromatic rings. The lowest BCUT2D eigenvalue weighted by atomic mass is 10.1. The van der Waals surface area contributed by atoms with Gasteiger partial charge in [0.25, 0.3) is 0 Å². The number of fused-ring (bicyclic) bond motifs is 1.